The van der Waals surface area contributed by atoms with Crippen molar-refractivity contribution in [3.63, 3.8) is 0 Å². The number of halogens is 1. The van der Waals surface area contributed by atoms with Crippen molar-refractivity contribution in [1.82, 2.24) is 9.66 Å². The first-order chi connectivity index (χ1) is 15.4. The summed E-state index contributed by atoms with van der Waals surface area (Å²) in [6.45, 7) is -0.147. The van der Waals surface area contributed by atoms with E-state index in [4.69, 9.17) is 10.5 Å². The van der Waals surface area contributed by atoms with Gasteiger partial charge in [-0.2, -0.15) is 9.78 Å². The molecule has 0 unspecified atom stereocenters. The van der Waals surface area contributed by atoms with Gasteiger partial charge in [0.25, 0.3) is 11.5 Å². The van der Waals surface area contributed by atoms with Crippen LogP contribution in [0.15, 0.2) is 81.1 Å². The zero-order chi connectivity index (χ0) is 22.7. The maximum atomic E-state index is 13.1. The summed E-state index contributed by atoms with van der Waals surface area (Å²) in [4.78, 5) is 29.3. The standard InChI is InChI=1S/C23H17BrN4O4/c24-15-9-10-19(29)14(11-15)12-26-28-21(27-18-7-3-1-5-16(18)23(28)31)13-32-20-8-4-2-6-17(20)22(25)30/h1-12,29H,13H2,(H2,25,30). The van der Waals surface area contributed by atoms with Gasteiger partial charge in [0, 0.05) is 10.0 Å². The predicted octanol–water partition coefficient (Wildman–Crippen LogP) is 3.42. The number of hydrogen-bond acceptors (Lipinski definition) is 6. The van der Waals surface area contributed by atoms with Gasteiger partial charge in [-0.3, -0.25) is 9.59 Å². The van der Waals surface area contributed by atoms with Crippen LogP contribution in [0.3, 0.4) is 0 Å². The Morgan fingerprint density at radius 1 is 1.16 bits per heavy atom. The van der Waals surface area contributed by atoms with E-state index in [-0.39, 0.29) is 29.5 Å². The fourth-order valence-electron chi connectivity index (χ4n) is 3.07. The van der Waals surface area contributed by atoms with Crippen molar-refractivity contribution in [3.05, 3.63) is 98.5 Å². The second kappa shape index (κ2) is 9.03. The number of nitrogens with zero attached hydrogens (tertiary/aromatic N) is 3. The molecule has 32 heavy (non-hydrogen) atoms. The Morgan fingerprint density at radius 2 is 1.91 bits per heavy atom. The predicted molar refractivity (Wildman–Crippen MR) is 124 cm³/mol. The third-order valence-electron chi connectivity index (χ3n) is 4.63. The van der Waals surface area contributed by atoms with Gasteiger partial charge in [0.1, 0.15) is 18.1 Å². The highest BCUT2D eigenvalue weighted by molar-refractivity contribution is 9.10. The number of para-hydroxylation sites is 2. The van der Waals surface area contributed by atoms with E-state index < -0.39 is 11.5 Å². The summed E-state index contributed by atoms with van der Waals surface area (Å²) in [5.74, 6) is -0.152. The fraction of sp³-hybridized carbons (Fsp3) is 0.0435. The molecule has 160 valence electrons. The summed E-state index contributed by atoms with van der Waals surface area (Å²) >= 11 is 3.34. The molecule has 1 aromatic heterocycles. The number of carbonyl (C=O) groups excluding carboxylic acids is 1. The van der Waals surface area contributed by atoms with Crippen LogP contribution in [-0.2, 0) is 6.61 Å². The molecule has 1 heterocycles. The van der Waals surface area contributed by atoms with E-state index in [9.17, 15) is 14.7 Å². The highest BCUT2D eigenvalue weighted by Crippen LogP contribution is 2.21. The molecule has 4 aromatic rings. The van der Waals surface area contributed by atoms with Crippen molar-refractivity contribution < 1.29 is 14.6 Å². The average Bonchev–Trinajstić information content (AvgIpc) is 2.79. The van der Waals surface area contributed by atoms with E-state index >= 15 is 0 Å². The van der Waals surface area contributed by atoms with Crippen LogP contribution in [0.25, 0.3) is 10.9 Å². The highest BCUT2D eigenvalue weighted by Gasteiger charge is 2.14. The summed E-state index contributed by atoms with van der Waals surface area (Å²) in [5.41, 5.74) is 6.11. The smallest absolute Gasteiger partial charge is 0.282 e. The molecule has 0 aliphatic heterocycles. The second-order valence-corrected chi connectivity index (χ2v) is 7.67. The number of primary amides is 1. The van der Waals surface area contributed by atoms with Gasteiger partial charge in [0.05, 0.1) is 22.7 Å². The molecule has 9 heteroatoms. The van der Waals surface area contributed by atoms with Crippen LogP contribution in [0, 0.1) is 0 Å². The molecule has 0 aliphatic carbocycles. The Balaban J connectivity index is 1.78. The Kier molecular flexibility index (Phi) is 6.00. The number of carbonyl (C=O) groups is 1. The first-order valence-corrected chi connectivity index (χ1v) is 10.3. The second-order valence-electron chi connectivity index (χ2n) is 6.76. The maximum absolute atomic E-state index is 13.1. The molecule has 4 rings (SSSR count). The quantitative estimate of drug-likeness (QED) is 0.399. The molecule has 0 atom stereocenters. The van der Waals surface area contributed by atoms with Crippen molar-refractivity contribution in [2.24, 2.45) is 10.8 Å². The Morgan fingerprint density at radius 3 is 2.72 bits per heavy atom. The number of phenols is 1. The van der Waals surface area contributed by atoms with E-state index in [2.05, 4.69) is 26.0 Å². The number of aromatic hydroxyl groups is 1. The molecule has 0 saturated carbocycles. The first-order valence-electron chi connectivity index (χ1n) is 9.49. The lowest BCUT2D eigenvalue weighted by molar-refractivity contribution is 0.0995. The number of fused-ring (bicyclic) bond motifs is 1. The first kappa shape index (κ1) is 21.3. The van der Waals surface area contributed by atoms with Crippen molar-refractivity contribution in [1.29, 1.82) is 0 Å². The van der Waals surface area contributed by atoms with Gasteiger partial charge >= 0.3 is 0 Å². The monoisotopic (exact) mass is 492 g/mol. The van der Waals surface area contributed by atoms with Crippen molar-refractivity contribution in [2.75, 3.05) is 0 Å². The Labute approximate surface area is 190 Å². The fourth-order valence-corrected chi connectivity index (χ4v) is 3.45. The van der Waals surface area contributed by atoms with Gasteiger partial charge in [0.15, 0.2) is 5.82 Å². The summed E-state index contributed by atoms with van der Waals surface area (Å²) in [7, 11) is 0. The third kappa shape index (κ3) is 4.37. The zero-order valence-corrected chi connectivity index (χ0v) is 18.2. The van der Waals surface area contributed by atoms with Crippen LogP contribution in [0.1, 0.15) is 21.7 Å². The number of phenolic OH excluding ortho intramolecular Hbond substituents is 1. The molecule has 0 spiro atoms. The number of hydrogen-bond donors (Lipinski definition) is 2. The number of nitrogens with two attached hydrogens (primary N) is 1. The van der Waals surface area contributed by atoms with Crippen LogP contribution in [0.2, 0.25) is 0 Å². The van der Waals surface area contributed by atoms with Crippen molar-refractivity contribution in [3.8, 4) is 11.5 Å². The molecule has 0 aliphatic rings. The largest absolute Gasteiger partial charge is 0.507 e. The van der Waals surface area contributed by atoms with Crippen LogP contribution in [0.5, 0.6) is 11.5 Å². The number of ether oxygens (including phenoxy) is 1. The normalized spacial score (nSPS) is 11.2. The average molecular weight is 493 g/mol. The molecule has 8 nitrogen and oxygen atoms in total. The van der Waals surface area contributed by atoms with Gasteiger partial charge in [-0.15, -0.1) is 0 Å². The molecule has 3 aromatic carbocycles. The van der Waals surface area contributed by atoms with Gasteiger partial charge < -0.3 is 15.6 Å². The molecule has 0 radical (unpaired) electrons. The lowest BCUT2D eigenvalue weighted by Crippen LogP contribution is -2.24. The molecule has 3 N–H and O–H groups in total. The van der Waals surface area contributed by atoms with Gasteiger partial charge in [-0.1, -0.05) is 40.2 Å². The minimum Gasteiger partial charge on any atom is -0.507 e. The van der Waals surface area contributed by atoms with E-state index in [1.54, 1.807) is 60.7 Å². The van der Waals surface area contributed by atoms with Gasteiger partial charge in [0.2, 0.25) is 0 Å². The zero-order valence-electron chi connectivity index (χ0n) is 16.6. The van der Waals surface area contributed by atoms with Crippen molar-refractivity contribution >= 4 is 39.0 Å². The molecule has 0 bridgehead atoms. The third-order valence-corrected chi connectivity index (χ3v) is 5.13. The molecular weight excluding hydrogens is 476 g/mol. The lowest BCUT2D eigenvalue weighted by Gasteiger charge is -2.12. The van der Waals surface area contributed by atoms with Crippen LogP contribution < -0.4 is 16.0 Å². The molecule has 0 saturated heterocycles. The minimum absolute atomic E-state index is 0.00642. The van der Waals surface area contributed by atoms with Crippen LogP contribution >= 0.6 is 15.9 Å². The number of benzene rings is 3. The van der Waals surface area contributed by atoms with E-state index in [1.165, 1.54) is 12.3 Å². The number of rotatable bonds is 6. The van der Waals surface area contributed by atoms with Crippen LogP contribution in [0.4, 0.5) is 0 Å². The van der Waals surface area contributed by atoms with Crippen molar-refractivity contribution in [2.45, 2.75) is 6.61 Å². The molecular formula is C23H17BrN4O4. The molecule has 0 fully saturated rings. The summed E-state index contributed by atoms with van der Waals surface area (Å²) in [5, 5.41) is 14.7. The Bertz CT molecular complexity index is 1420. The summed E-state index contributed by atoms with van der Waals surface area (Å²) in [6, 6.07) is 18.3. The summed E-state index contributed by atoms with van der Waals surface area (Å²) < 4.78 is 7.62. The molecule has 1 amide bonds. The summed E-state index contributed by atoms with van der Waals surface area (Å²) in [6.07, 6.45) is 1.36. The Hall–Kier alpha value is -3.98. The van der Waals surface area contributed by atoms with Gasteiger partial charge in [-0.05, 0) is 42.5 Å². The SMILES string of the molecule is NC(=O)c1ccccc1OCc1nc2ccccc2c(=O)n1N=Cc1cc(Br)ccc1O. The van der Waals surface area contributed by atoms with E-state index in [1.807, 2.05) is 0 Å². The van der Waals surface area contributed by atoms with Crippen LogP contribution in [-0.4, -0.2) is 26.9 Å². The van der Waals surface area contributed by atoms with E-state index in [0.29, 0.717) is 16.5 Å². The number of amides is 1. The topological polar surface area (TPSA) is 120 Å². The number of aromatic nitrogens is 2. The van der Waals surface area contributed by atoms with Gasteiger partial charge in [-0.25, -0.2) is 4.98 Å². The lowest BCUT2D eigenvalue weighted by atomic mass is 10.2. The highest BCUT2D eigenvalue weighted by atomic mass is 79.9. The minimum atomic E-state index is -0.632. The van der Waals surface area contributed by atoms with E-state index in [0.717, 1.165) is 9.15 Å². The maximum Gasteiger partial charge on any atom is 0.282 e.